The quantitative estimate of drug-likeness (QED) is 0.232. The summed E-state index contributed by atoms with van der Waals surface area (Å²) in [6.07, 6.45) is 0. The fraction of sp³-hybridized carbons (Fsp3) is 0.875. The van der Waals surface area contributed by atoms with E-state index in [9.17, 15) is 13.0 Å². The lowest BCUT2D eigenvalue weighted by Crippen LogP contribution is -2.19. The van der Waals surface area contributed by atoms with Crippen molar-refractivity contribution in [2.45, 2.75) is 20.8 Å². The Morgan fingerprint density at radius 3 is 1.67 bits per heavy atom. The molecule has 0 radical (unpaired) electrons. The van der Waals surface area contributed by atoms with Crippen molar-refractivity contribution in [3.63, 3.8) is 0 Å². The van der Waals surface area contributed by atoms with Crippen molar-refractivity contribution >= 4 is 16.3 Å². The topological polar surface area (TPSA) is 78.7 Å². The molecule has 0 aromatic heterocycles. The molecule has 0 rings (SSSR count). The van der Waals surface area contributed by atoms with Crippen LogP contribution in [0.2, 0.25) is 0 Å². The largest absolute Gasteiger partial charge is 0.726 e. The second kappa shape index (κ2) is 8.63. The zero-order valence-corrected chi connectivity index (χ0v) is 10.6. The molecule has 0 fully saturated rings. The van der Waals surface area contributed by atoms with E-state index in [1.54, 1.807) is 7.11 Å². The van der Waals surface area contributed by atoms with E-state index in [4.69, 9.17) is 4.74 Å². The summed E-state index contributed by atoms with van der Waals surface area (Å²) in [6.45, 7) is 8.26. The standard InChI is InChI=1S/C7H16NO.CH4O4S/c1-5-8(6-2)7(3)9-4;1-5-6(2,3)4/h5-6H2,1-4H3;1H3,(H,2,3,4)/q+1;/p-1. The number of hydrogen-bond donors (Lipinski definition) is 0. The molecule has 0 aromatic carbocycles. The van der Waals surface area contributed by atoms with Gasteiger partial charge >= 0.3 is 5.90 Å². The van der Waals surface area contributed by atoms with Gasteiger partial charge in [0.2, 0.25) is 10.4 Å². The number of methoxy groups -OCH3 is 1. The minimum absolute atomic E-state index is 0.808. The van der Waals surface area contributed by atoms with Gasteiger partial charge in [-0.1, -0.05) is 0 Å². The van der Waals surface area contributed by atoms with Gasteiger partial charge in [-0.05, 0) is 13.8 Å². The van der Waals surface area contributed by atoms with Gasteiger partial charge in [-0.3, -0.25) is 4.18 Å². The van der Waals surface area contributed by atoms with Gasteiger partial charge in [-0.15, -0.1) is 0 Å². The average molecular weight is 241 g/mol. The van der Waals surface area contributed by atoms with E-state index in [1.165, 1.54) is 0 Å². The van der Waals surface area contributed by atoms with Crippen molar-refractivity contribution in [3.8, 4) is 0 Å². The van der Waals surface area contributed by atoms with E-state index in [0.717, 1.165) is 26.1 Å². The summed E-state index contributed by atoms with van der Waals surface area (Å²) in [4.78, 5) is 0. The van der Waals surface area contributed by atoms with Crippen molar-refractivity contribution in [3.05, 3.63) is 0 Å². The number of ether oxygens (including phenoxy) is 1. The summed E-state index contributed by atoms with van der Waals surface area (Å²) < 4.78 is 38.2. The normalized spacial score (nSPS) is 10.0. The number of rotatable bonds is 3. The van der Waals surface area contributed by atoms with Crippen LogP contribution in [0.4, 0.5) is 0 Å². The second-order valence-corrected chi connectivity index (χ2v) is 3.62. The average Bonchev–Trinajstić information content (AvgIpc) is 2.19. The Labute approximate surface area is 91.5 Å². The molecule has 0 aromatic rings. The summed E-state index contributed by atoms with van der Waals surface area (Å²) in [6, 6.07) is 0. The molecule has 7 heteroatoms. The molecule has 0 aliphatic heterocycles. The maximum absolute atomic E-state index is 9.22. The van der Waals surface area contributed by atoms with Crippen LogP contribution in [0.25, 0.3) is 0 Å². The Hall–Kier alpha value is -0.660. The SMILES string of the molecule is CC[N+](CC)=C(C)OC.COS(=O)(=O)[O-]. The fourth-order valence-corrected chi connectivity index (χ4v) is 0.798. The molecule has 0 aliphatic rings. The van der Waals surface area contributed by atoms with Gasteiger partial charge < -0.3 is 9.29 Å². The molecule has 0 amide bonds. The fourth-order valence-electron chi connectivity index (χ4n) is 0.798. The van der Waals surface area contributed by atoms with Gasteiger partial charge in [0, 0.05) is 0 Å². The van der Waals surface area contributed by atoms with Crippen molar-refractivity contribution in [2.24, 2.45) is 0 Å². The first-order valence-electron chi connectivity index (χ1n) is 4.46. The zero-order valence-electron chi connectivity index (χ0n) is 9.81. The molecule has 0 aliphatic carbocycles. The highest BCUT2D eigenvalue weighted by Crippen LogP contribution is 1.80. The summed E-state index contributed by atoms with van der Waals surface area (Å²) in [5.41, 5.74) is 0. The lowest BCUT2D eigenvalue weighted by Gasteiger charge is -1.99. The number of nitrogens with zero attached hydrogens (tertiary/aromatic N) is 1. The van der Waals surface area contributed by atoms with Crippen LogP contribution in [0.3, 0.4) is 0 Å². The van der Waals surface area contributed by atoms with Gasteiger partial charge in [0.15, 0.2) is 0 Å². The maximum Gasteiger partial charge on any atom is 0.332 e. The van der Waals surface area contributed by atoms with Crippen LogP contribution in [0, 0.1) is 0 Å². The Kier molecular flexibility index (Phi) is 9.64. The smallest absolute Gasteiger partial charge is 0.332 e. The van der Waals surface area contributed by atoms with Crippen molar-refractivity contribution < 1.29 is 26.5 Å². The van der Waals surface area contributed by atoms with Gasteiger partial charge in [-0.25, -0.2) is 13.0 Å². The Morgan fingerprint density at radius 1 is 1.27 bits per heavy atom. The van der Waals surface area contributed by atoms with E-state index in [-0.39, 0.29) is 0 Å². The molecule has 0 atom stereocenters. The Balaban J connectivity index is 0. The summed E-state index contributed by atoms with van der Waals surface area (Å²) >= 11 is 0. The van der Waals surface area contributed by atoms with Gasteiger partial charge in [-0.2, -0.15) is 0 Å². The first kappa shape index (κ1) is 16.8. The first-order valence-corrected chi connectivity index (χ1v) is 5.79. The van der Waals surface area contributed by atoms with Crippen molar-refractivity contribution in [1.82, 2.24) is 0 Å². The van der Waals surface area contributed by atoms with Crippen LogP contribution in [0.15, 0.2) is 0 Å². The summed E-state index contributed by atoms with van der Waals surface area (Å²) in [5.74, 6) is 1.00. The third-order valence-corrected chi connectivity index (χ3v) is 2.12. The predicted octanol–water partition coefficient (Wildman–Crippen LogP) is 0.196. The minimum Gasteiger partial charge on any atom is -0.726 e. The lowest BCUT2D eigenvalue weighted by atomic mass is 10.6. The van der Waals surface area contributed by atoms with Crippen LogP contribution >= 0.6 is 0 Å². The zero-order chi connectivity index (χ0) is 12.5. The highest BCUT2D eigenvalue weighted by Gasteiger charge is 2.02. The molecule has 0 spiro atoms. The molecule has 0 unspecified atom stereocenters. The summed E-state index contributed by atoms with van der Waals surface area (Å²) in [7, 11) is -1.90. The molecular formula is C8H19NO5S. The van der Waals surface area contributed by atoms with Crippen LogP contribution in [0.1, 0.15) is 20.8 Å². The highest BCUT2D eigenvalue weighted by atomic mass is 32.3. The van der Waals surface area contributed by atoms with Crippen LogP contribution in [-0.2, 0) is 19.3 Å². The summed E-state index contributed by atoms with van der Waals surface area (Å²) in [5, 5.41) is 0. The maximum atomic E-state index is 9.22. The van der Waals surface area contributed by atoms with E-state index in [0.29, 0.717) is 0 Å². The molecule has 0 N–H and O–H groups in total. The van der Waals surface area contributed by atoms with Gasteiger partial charge in [0.25, 0.3) is 0 Å². The third kappa shape index (κ3) is 11.3. The number of hydrogen-bond acceptors (Lipinski definition) is 5. The Bertz CT molecular complexity index is 277. The van der Waals surface area contributed by atoms with Crippen LogP contribution in [-0.4, -0.2) is 50.8 Å². The molecule has 15 heavy (non-hydrogen) atoms. The van der Waals surface area contributed by atoms with Crippen LogP contribution < -0.4 is 0 Å². The Morgan fingerprint density at radius 2 is 1.60 bits per heavy atom. The van der Waals surface area contributed by atoms with E-state index in [1.807, 2.05) is 6.92 Å². The minimum atomic E-state index is -4.41. The first-order chi connectivity index (χ1) is 6.82. The highest BCUT2D eigenvalue weighted by molar-refractivity contribution is 7.80. The second-order valence-electron chi connectivity index (χ2n) is 2.47. The molecular weight excluding hydrogens is 222 g/mol. The monoisotopic (exact) mass is 241 g/mol. The van der Waals surface area contributed by atoms with Crippen molar-refractivity contribution in [1.29, 1.82) is 0 Å². The molecule has 0 bridgehead atoms. The van der Waals surface area contributed by atoms with Crippen molar-refractivity contribution in [2.75, 3.05) is 27.3 Å². The lowest BCUT2D eigenvalue weighted by molar-refractivity contribution is -0.529. The van der Waals surface area contributed by atoms with Crippen LogP contribution in [0.5, 0.6) is 0 Å². The molecule has 0 saturated heterocycles. The van der Waals surface area contributed by atoms with E-state index in [2.05, 4.69) is 22.6 Å². The molecule has 0 saturated carbocycles. The molecule has 6 nitrogen and oxygen atoms in total. The third-order valence-electron chi connectivity index (χ3n) is 1.71. The van der Waals surface area contributed by atoms with Gasteiger partial charge in [0.1, 0.15) is 13.1 Å². The molecule has 92 valence electrons. The predicted molar refractivity (Wildman–Crippen MR) is 55.7 cm³/mol. The van der Waals surface area contributed by atoms with Gasteiger partial charge in [0.05, 0.1) is 21.1 Å². The van der Waals surface area contributed by atoms with E-state index >= 15 is 0 Å². The van der Waals surface area contributed by atoms with E-state index < -0.39 is 10.4 Å². The molecule has 0 heterocycles.